The van der Waals surface area contributed by atoms with E-state index in [2.05, 4.69) is 0 Å². The van der Waals surface area contributed by atoms with Gasteiger partial charge in [-0.1, -0.05) is 72.3 Å². The van der Waals surface area contributed by atoms with Crippen LogP contribution in [0.1, 0.15) is 22.8 Å². The molecule has 0 radical (unpaired) electrons. The van der Waals surface area contributed by atoms with Crippen molar-refractivity contribution in [3.63, 3.8) is 0 Å². The Labute approximate surface area is 216 Å². The molecule has 0 saturated carbocycles. The Bertz CT molecular complexity index is 1050. The minimum Gasteiger partial charge on any atom is -0.495 e. The number of hydrogen-bond acceptors (Lipinski definition) is 7. The Hall–Kier alpha value is -3.26. The van der Waals surface area contributed by atoms with Crippen LogP contribution in [0.5, 0.6) is 17.2 Å². The average molecular weight is 515 g/mol. The zero-order valence-corrected chi connectivity index (χ0v) is 21.5. The lowest BCUT2D eigenvalue weighted by atomic mass is 10.0. The number of halogens is 1. The topological polar surface area (TPSA) is 72.5 Å². The molecule has 0 heterocycles. The van der Waals surface area contributed by atoms with Crippen LogP contribution in [0.25, 0.3) is 0 Å². The minimum absolute atomic E-state index is 0.0853. The number of benzene rings is 3. The summed E-state index contributed by atoms with van der Waals surface area (Å²) in [7, 11) is 4.64. The minimum atomic E-state index is -0.560. The normalized spacial score (nSPS) is 10.8. The molecule has 3 rings (SSSR count). The lowest BCUT2D eigenvalue weighted by Gasteiger charge is -2.21. The van der Waals surface area contributed by atoms with Crippen LogP contribution >= 0.6 is 11.6 Å². The van der Waals surface area contributed by atoms with Crippen molar-refractivity contribution in [3.8, 4) is 17.2 Å². The highest BCUT2D eigenvalue weighted by molar-refractivity contribution is 6.34. The second-order valence-corrected chi connectivity index (χ2v) is 8.14. The number of methoxy groups -OCH3 is 3. The van der Waals surface area contributed by atoms with Crippen molar-refractivity contribution < 1.29 is 33.2 Å². The van der Waals surface area contributed by atoms with E-state index in [1.165, 1.54) is 7.11 Å². The van der Waals surface area contributed by atoms with Gasteiger partial charge < -0.3 is 28.4 Å². The Morgan fingerprint density at radius 3 is 1.86 bits per heavy atom. The molecule has 0 aliphatic carbocycles. The highest BCUT2D eigenvalue weighted by Gasteiger charge is 2.24. The standard InChI is InChI=1S/C28H31ClO7/c1-31-14-16-34-23-18-22(27(33-3)25(29)28(23)35-17-15-32-2)19-24(30)36-26(20-10-6-4-7-11-20)21-12-8-5-9-13-21/h4-13,18,26H,14-17,19H2,1-3H3. The first-order valence-electron chi connectivity index (χ1n) is 11.5. The first kappa shape index (κ1) is 27.3. The number of hydrogen-bond donors (Lipinski definition) is 0. The molecule has 0 amide bonds. The predicted octanol–water partition coefficient (Wildman–Crippen LogP) is 5.27. The van der Waals surface area contributed by atoms with E-state index in [1.807, 2.05) is 60.7 Å². The molecule has 0 bridgehead atoms. The second-order valence-electron chi connectivity index (χ2n) is 7.76. The molecule has 8 heteroatoms. The number of carbonyl (C=O) groups is 1. The van der Waals surface area contributed by atoms with Gasteiger partial charge in [-0.2, -0.15) is 0 Å². The maximum absolute atomic E-state index is 13.2. The smallest absolute Gasteiger partial charge is 0.311 e. The van der Waals surface area contributed by atoms with Gasteiger partial charge in [0.25, 0.3) is 0 Å². The van der Waals surface area contributed by atoms with E-state index < -0.39 is 12.1 Å². The van der Waals surface area contributed by atoms with Gasteiger partial charge in [-0.15, -0.1) is 0 Å². The van der Waals surface area contributed by atoms with Gasteiger partial charge in [0.1, 0.15) is 24.0 Å². The van der Waals surface area contributed by atoms with Crippen LogP contribution in [0, 0.1) is 0 Å². The van der Waals surface area contributed by atoms with E-state index in [1.54, 1.807) is 20.3 Å². The molecule has 3 aromatic rings. The molecule has 0 aromatic heterocycles. The van der Waals surface area contributed by atoms with Gasteiger partial charge in [0.05, 0.1) is 26.7 Å². The zero-order chi connectivity index (χ0) is 25.8. The third kappa shape index (κ3) is 7.37. The monoisotopic (exact) mass is 514 g/mol. The van der Waals surface area contributed by atoms with Crippen LogP contribution in [0.15, 0.2) is 66.7 Å². The third-order valence-corrected chi connectivity index (χ3v) is 5.63. The van der Waals surface area contributed by atoms with E-state index in [0.29, 0.717) is 36.0 Å². The Kier molecular flexibility index (Phi) is 10.9. The molecule has 0 saturated heterocycles. The number of rotatable bonds is 14. The summed E-state index contributed by atoms with van der Waals surface area (Å²) in [6.45, 7) is 1.27. The van der Waals surface area contributed by atoms with Gasteiger partial charge in [-0.05, 0) is 17.2 Å². The van der Waals surface area contributed by atoms with Crippen molar-refractivity contribution in [2.75, 3.05) is 47.8 Å². The average Bonchev–Trinajstić information content (AvgIpc) is 2.90. The molecule has 36 heavy (non-hydrogen) atoms. The largest absolute Gasteiger partial charge is 0.495 e. The SMILES string of the molecule is COCCOc1cc(CC(=O)OC(c2ccccc2)c2ccccc2)c(OC)c(Cl)c1OCCOC. The summed E-state index contributed by atoms with van der Waals surface area (Å²) in [5, 5.41) is 0.203. The fraction of sp³-hybridized carbons (Fsp3) is 0.321. The van der Waals surface area contributed by atoms with E-state index in [4.69, 9.17) is 40.0 Å². The lowest BCUT2D eigenvalue weighted by molar-refractivity contribution is -0.146. The summed E-state index contributed by atoms with van der Waals surface area (Å²) in [6.07, 6.45) is -0.645. The maximum Gasteiger partial charge on any atom is 0.311 e. The molecule has 0 aliphatic rings. The summed E-state index contributed by atoms with van der Waals surface area (Å²) < 4.78 is 33.3. The van der Waals surface area contributed by atoms with Gasteiger partial charge in [0, 0.05) is 19.8 Å². The molecule has 0 spiro atoms. The number of carbonyl (C=O) groups excluding carboxylic acids is 1. The zero-order valence-electron chi connectivity index (χ0n) is 20.7. The van der Waals surface area contributed by atoms with Crippen LogP contribution in [0.3, 0.4) is 0 Å². The van der Waals surface area contributed by atoms with Gasteiger partial charge in [-0.3, -0.25) is 4.79 Å². The molecule has 0 fully saturated rings. The number of esters is 1. The van der Waals surface area contributed by atoms with Crippen molar-refractivity contribution in [2.24, 2.45) is 0 Å². The Balaban J connectivity index is 1.89. The van der Waals surface area contributed by atoms with E-state index in [0.717, 1.165) is 11.1 Å². The van der Waals surface area contributed by atoms with Gasteiger partial charge in [0.2, 0.25) is 0 Å². The van der Waals surface area contributed by atoms with Crippen molar-refractivity contribution >= 4 is 17.6 Å². The van der Waals surface area contributed by atoms with Gasteiger partial charge in [-0.25, -0.2) is 0 Å². The van der Waals surface area contributed by atoms with E-state index in [9.17, 15) is 4.79 Å². The summed E-state index contributed by atoms with van der Waals surface area (Å²) >= 11 is 6.64. The Morgan fingerprint density at radius 2 is 1.33 bits per heavy atom. The molecule has 0 N–H and O–H groups in total. The summed E-state index contributed by atoms with van der Waals surface area (Å²) in [5.41, 5.74) is 2.25. The first-order valence-corrected chi connectivity index (χ1v) is 11.9. The maximum atomic E-state index is 13.2. The molecular formula is C28H31ClO7. The molecule has 192 valence electrons. The highest BCUT2D eigenvalue weighted by Crippen LogP contribution is 2.44. The third-order valence-electron chi connectivity index (χ3n) is 5.29. The first-order chi connectivity index (χ1) is 17.6. The summed E-state index contributed by atoms with van der Waals surface area (Å²) in [6, 6.07) is 20.9. The molecule has 0 unspecified atom stereocenters. The van der Waals surface area contributed by atoms with Crippen LogP contribution in [0.4, 0.5) is 0 Å². The van der Waals surface area contributed by atoms with Gasteiger partial charge in [0.15, 0.2) is 17.6 Å². The van der Waals surface area contributed by atoms with Crippen LogP contribution < -0.4 is 14.2 Å². The Morgan fingerprint density at radius 1 is 0.778 bits per heavy atom. The quantitative estimate of drug-likeness (QED) is 0.214. The van der Waals surface area contributed by atoms with Crippen LogP contribution in [-0.4, -0.2) is 53.7 Å². The van der Waals surface area contributed by atoms with Gasteiger partial charge >= 0.3 is 5.97 Å². The van der Waals surface area contributed by atoms with E-state index in [-0.39, 0.29) is 24.7 Å². The fourth-order valence-corrected chi connectivity index (χ4v) is 3.96. The molecule has 7 nitrogen and oxygen atoms in total. The summed E-state index contributed by atoms with van der Waals surface area (Å²) in [4.78, 5) is 13.2. The van der Waals surface area contributed by atoms with Crippen molar-refractivity contribution in [3.05, 3.63) is 88.4 Å². The van der Waals surface area contributed by atoms with Crippen molar-refractivity contribution in [1.82, 2.24) is 0 Å². The van der Waals surface area contributed by atoms with Crippen molar-refractivity contribution in [2.45, 2.75) is 12.5 Å². The number of ether oxygens (including phenoxy) is 6. The highest BCUT2D eigenvalue weighted by atomic mass is 35.5. The predicted molar refractivity (Wildman–Crippen MR) is 137 cm³/mol. The molecular weight excluding hydrogens is 484 g/mol. The van der Waals surface area contributed by atoms with Crippen LogP contribution in [-0.2, 0) is 25.4 Å². The fourth-order valence-electron chi connectivity index (χ4n) is 3.61. The van der Waals surface area contributed by atoms with Crippen molar-refractivity contribution in [1.29, 1.82) is 0 Å². The second kappa shape index (κ2) is 14.3. The molecule has 3 aromatic carbocycles. The molecule has 0 atom stereocenters. The van der Waals surface area contributed by atoms with Crippen LogP contribution in [0.2, 0.25) is 5.02 Å². The molecule has 0 aliphatic heterocycles. The lowest BCUT2D eigenvalue weighted by Crippen LogP contribution is -2.16. The van der Waals surface area contributed by atoms with E-state index >= 15 is 0 Å². The summed E-state index contributed by atoms with van der Waals surface area (Å²) in [5.74, 6) is 0.554.